The Bertz CT molecular complexity index is 1090. The van der Waals surface area contributed by atoms with E-state index >= 15 is 0 Å². The molecule has 0 spiro atoms. The van der Waals surface area contributed by atoms with Crippen molar-refractivity contribution in [3.63, 3.8) is 0 Å². The van der Waals surface area contributed by atoms with Crippen LogP contribution in [0.1, 0.15) is 51.1 Å². The molecule has 3 aromatic heterocycles. The van der Waals surface area contributed by atoms with Gasteiger partial charge in [-0.1, -0.05) is 0 Å². The molecule has 1 N–H and O–H groups in total. The van der Waals surface area contributed by atoms with Gasteiger partial charge in [0.1, 0.15) is 16.5 Å². The second-order valence-electron chi connectivity index (χ2n) is 7.89. The number of aryl methyl sites for hydroxylation is 2. The first-order valence-corrected chi connectivity index (χ1v) is 11.3. The number of thiazole rings is 1. The van der Waals surface area contributed by atoms with Gasteiger partial charge in [-0.3, -0.25) is 9.78 Å². The Kier molecular flexibility index (Phi) is 6.27. The van der Waals surface area contributed by atoms with Crippen LogP contribution in [0.2, 0.25) is 0 Å². The van der Waals surface area contributed by atoms with Gasteiger partial charge in [-0.2, -0.15) is 0 Å². The second kappa shape index (κ2) is 9.12. The van der Waals surface area contributed by atoms with Gasteiger partial charge in [-0.05, 0) is 50.5 Å². The SMILES string of the molecule is COc1ccc(C2(C(=O)N(CCCc3ccco3)Cc3nc(C(=O)O)c(C)s3)CC2)nc1. The van der Waals surface area contributed by atoms with Crippen LogP contribution in [0.15, 0.2) is 41.1 Å². The quantitative estimate of drug-likeness (QED) is 0.495. The van der Waals surface area contributed by atoms with E-state index in [1.54, 1.807) is 31.4 Å². The number of aromatic nitrogens is 2. The van der Waals surface area contributed by atoms with E-state index < -0.39 is 11.4 Å². The maximum atomic E-state index is 13.7. The molecule has 3 aromatic rings. The van der Waals surface area contributed by atoms with Crippen molar-refractivity contribution < 1.29 is 23.8 Å². The normalized spacial score (nSPS) is 14.2. The van der Waals surface area contributed by atoms with Crippen molar-refractivity contribution in [2.75, 3.05) is 13.7 Å². The summed E-state index contributed by atoms with van der Waals surface area (Å²) in [7, 11) is 1.58. The van der Waals surface area contributed by atoms with Crippen molar-refractivity contribution in [3.05, 3.63) is 63.8 Å². The van der Waals surface area contributed by atoms with E-state index in [9.17, 15) is 14.7 Å². The lowest BCUT2D eigenvalue weighted by molar-refractivity contribution is -0.134. The summed E-state index contributed by atoms with van der Waals surface area (Å²) in [4.78, 5) is 36.3. The molecule has 168 valence electrons. The molecule has 1 saturated carbocycles. The van der Waals surface area contributed by atoms with Gasteiger partial charge in [0.2, 0.25) is 5.91 Å². The number of pyridine rings is 1. The van der Waals surface area contributed by atoms with Crippen LogP contribution >= 0.6 is 11.3 Å². The van der Waals surface area contributed by atoms with Crippen LogP contribution in [0, 0.1) is 6.92 Å². The average Bonchev–Trinajstić information content (AvgIpc) is 3.26. The first-order chi connectivity index (χ1) is 15.4. The van der Waals surface area contributed by atoms with Gasteiger partial charge in [-0.25, -0.2) is 9.78 Å². The Balaban J connectivity index is 1.55. The predicted octanol–water partition coefficient (Wildman–Crippen LogP) is 3.84. The van der Waals surface area contributed by atoms with Gasteiger partial charge in [-0.15, -0.1) is 11.3 Å². The zero-order valence-electron chi connectivity index (χ0n) is 18.0. The smallest absolute Gasteiger partial charge is 0.355 e. The van der Waals surface area contributed by atoms with Gasteiger partial charge < -0.3 is 19.2 Å². The molecule has 1 aliphatic carbocycles. The minimum atomic E-state index is -1.05. The number of methoxy groups -OCH3 is 1. The molecule has 1 amide bonds. The van der Waals surface area contributed by atoms with E-state index in [0.717, 1.165) is 30.7 Å². The monoisotopic (exact) mass is 455 g/mol. The maximum absolute atomic E-state index is 13.7. The molecule has 4 rings (SSSR count). The molecule has 0 bridgehead atoms. The fourth-order valence-electron chi connectivity index (χ4n) is 3.82. The number of carboxylic acid groups (broad SMARTS) is 1. The number of carbonyl (C=O) groups excluding carboxylic acids is 1. The van der Waals surface area contributed by atoms with Crippen LogP contribution in [0.3, 0.4) is 0 Å². The largest absolute Gasteiger partial charge is 0.495 e. The number of hydrogen-bond acceptors (Lipinski definition) is 7. The highest BCUT2D eigenvalue weighted by Crippen LogP contribution is 2.49. The lowest BCUT2D eigenvalue weighted by Gasteiger charge is -2.26. The molecule has 0 aliphatic heterocycles. The maximum Gasteiger partial charge on any atom is 0.355 e. The first kappa shape index (κ1) is 22.0. The highest BCUT2D eigenvalue weighted by atomic mass is 32.1. The summed E-state index contributed by atoms with van der Waals surface area (Å²) < 4.78 is 10.6. The fraction of sp³-hybridized carbons (Fsp3) is 0.391. The topological polar surface area (TPSA) is 106 Å². The Hall–Kier alpha value is -3.20. The van der Waals surface area contributed by atoms with Gasteiger partial charge in [0, 0.05) is 17.8 Å². The fourth-order valence-corrected chi connectivity index (χ4v) is 4.76. The molecule has 8 nitrogen and oxygen atoms in total. The third-order valence-corrected chi connectivity index (χ3v) is 6.67. The molecule has 0 unspecified atom stereocenters. The zero-order chi connectivity index (χ0) is 22.7. The summed E-state index contributed by atoms with van der Waals surface area (Å²) in [6.07, 6.45) is 6.17. The number of carboxylic acids is 1. The van der Waals surface area contributed by atoms with E-state index in [-0.39, 0.29) is 18.1 Å². The molecule has 0 radical (unpaired) electrons. The summed E-state index contributed by atoms with van der Waals surface area (Å²) >= 11 is 1.31. The molecule has 0 aromatic carbocycles. The Morgan fingerprint density at radius 1 is 1.31 bits per heavy atom. The Morgan fingerprint density at radius 2 is 2.12 bits per heavy atom. The van der Waals surface area contributed by atoms with Gasteiger partial charge in [0.15, 0.2) is 5.69 Å². The minimum absolute atomic E-state index is 0.000611. The molecular weight excluding hydrogens is 430 g/mol. The highest BCUT2D eigenvalue weighted by molar-refractivity contribution is 7.11. The molecular formula is C23H25N3O5S. The van der Waals surface area contributed by atoms with Crippen molar-refractivity contribution in [1.82, 2.24) is 14.9 Å². The predicted molar refractivity (Wildman–Crippen MR) is 118 cm³/mol. The van der Waals surface area contributed by atoms with Crippen molar-refractivity contribution in [2.24, 2.45) is 0 Å². The molecule has 3 heterocycles. The number of nitrogens with zero attached hydrogens (tertiary/aromatic N) is 3. The van der Waals surface area contributed by atoms with Gasteiger partial charge >= 0.3 is 5.97 Å². The number of carbonyl (C=O) groups is 2. The van der Waals surface area contributed by atoms with Crippen molar-refractivity contribution in [3.8, 4) is 5.75 Å². The van der Waals surface area contributed by atoms with Gasteiger partial charge in [0.25, 0.3) is 0 Å². The van der Waals surface area contributed by atoms with Crippen LogP contribution in [0.25, 0.3) is 0 Å². The third-order valence-electron chi connectivity index (χ3n) is 5.71. The average molecular weight is 456 g/mol. The standard InChI is InChI=1S/C23H25N3O5S/c1-15-20(21(27)28)25-19(32-15)14-26(11-3-5-16-6-4-12-31-16)22(29)23(9-10-23)18-8-7-17(30-2)13-24-18/h4,6-8,12-13H,3,5,9-11,14H2,1-2H3,(H,27,28). The summed E-state index contributed by atoms with van der Waals surface area (Å²) in [6, 6.07) is 7.43. The van der Waals surface area contributed by atoms with Crippen LogP contribution in [-0.4, -0.2) is 45.5 Å². The minimum Gasteiger partial charge on any atom is -0.495 e. The lowest BCUT2D eigenvalue weighted by Crippen LogP contribution is -2.40. The molecule has 0 atom stereocenters. The molecule has 0 saturated heterocycles. The third kappa shape index (κ3) is 4.52. The number of amides is 1. The van der Waals surface area contributed by atoms with Crippen molar-refractivity contribution in [1.29, 1.82) is 0 Å². The number of hydrogen-bond donors (Lipinski definition) is 1. The van der Waals surface area contributed by atoms with Crippen molar-refractivity contribution >= 4 is 23.2 Å². The van der Waals surface area contributed by atoms with Crippen LogP contribution < -0.4 is 4.74 Å². The number of aromatic carboxylic acids is 1. The Labute approximate surface area is 189 Å². The number of furan rings is 1. The Morgan fingerprint density at radius 3 is 2.69 bits per heavy atom. The van der Waals surface area contributed by atoms with Gasteiger partial charge in [0.05, 0.1) is 37.2 Å². The highest BCUT2D eigenvalue weighted by Gasteiger charge is 2.54. The number of rotatable bonds is 10. The zero-order valence-corrected chi connectivity index (χ0v) is 18.9. The van der Waals surface area contributed by atoms with E-state index in [1.807, 2.05) is 24.3 Å². The van der Waals surface area contributed by atoms with E-state index in [1.165, 1.54) is 11.3 Å². The summed E-state index contributed by atoms with van der Waals surface area (Å²) in [5.74, 6) is 0.460. The van der Waals surface area contributed by atoms with Crippen molar-refractivity contribution in [2.45, 2.75) is 44.6 Å². The molecule has 32 heavy (non-hydrogen) atoms. The molecule has 1 fully saturated rings. The van der Waals surface area contributed by atoms with Crippen LogP contribution in [0.4, 0.5) is 0 Å². The summed E-state index contributed by atoms with van der Waals surface area (Å²) in [6.45, 7) is 2.52. The summed E-state index contributed by atoms with van der Waals surface area (Å²) in [5, 5.41) is 9.95. The molecule has 1 aliphatic rings. The molecule has 9 heteroatoms. The van der Waals surface area contributed by atoms with Crippen LogP contribution in [0.5, 0.6) is 5.75 Å². The summed E-state index contributed by atoms with van der Waals surface area (Å²) in [5.41, 5.74) is 0.144. The van der Waals surface area contributed by atoms with E-state index in [0.29, 0.717) is 28.6 Å². The second-order valence-corrected chi connectivity index (χ2v) is 9.18. The van der Waals surface area contributed by atoms with Crippen LogP contribution in [-0.2, 0) is 23.2 Å². The van der Waals surface area contributed by atoms with E-state index in [2.05, 4.69) is 9.97 Å². The first-order valence-electron chi connectivity index (χ1n) is 10.4. The van der Waals surface area contributed by atoms with E-state index in [4.69, 9.17) is 9.15 Å². The number of ether oxygens (including phenoxy) is 1. The lowest BCUT2D eigenvalue weighted by atomic mass is 9.99.